The number of para-hydroxylation sites is 2. The van der Waals surface area contributed by atoms with Gasteiger partial charge in [0.1, 0.15) is 11.2 Å². The van der Waals surface area contributed by atoms with Crippen molar-refractivity contribution in [3.63, 3.8) is 0 Å². The van der Waals surface area contributed by atoms with Crippen molar-refractivity contribution in [2.45, 2.75) is 0 Å². The summed E-state index contributed by atoms with van der Waals surface area (Å²) in [5, 5.41) is 7.30. The van der Waals surface area contributed by atoms with E-state index >= 15 is 0 Å². The Morgan fingerprint density at radius 3 is 2.00 bits per heavy atom. The number of anilines is 3. The third-order valence-electron chi connectivity index (χ3n) is 9.66. The molecule has 0 saturated heterocycles. The highest BCUT2D eigenvalue weighted by Gasteiger charge is 2.22. The lowest BCUT2D eigenvalue weighted by molar-refractivity contribution is 0.669. The Labute approximate surface area is 287 Å². The molecule has 0 spiro atoms. The topological polar surface area (TPSA) is 16.4 Å². The van der Waals surface area contributed by atoms with Gasteiger partial charge in [-0.15, -0.1) is 11.3 Å². The number of rotatable bonds is 5. The second-order valence-electron chi connectivity index (χ2n) is 12.5. The minimum absolute atomic E-state index is 0.875. The van der Waals surface area contributed by atoms with Crippen LogP contribution in [0.25, 0.3) is 75.1 Å². The third kappa shape index (κ3) is 4.62. The Morgan fingerprint density at radius 1 is 0.408 bits per heavy atom. The normalized spacial score (nSPS) is 11.7. The second-order valence-corrected chi connectivity index (χ2v) is 13.6. The summed E-state index contributed by atoms with van der Waals surface area (Å²) in [6.07, 6.45) is 0. The highest BCUT2D eigenvalue weighted by molar-refractivity contribution is 7.25. The molecule has 0 atom stereocenters. The van der Waals surface area contributed by atoms with Crippen LogP contribution in [0.4, 0.5) is 17.1 Å². The van der Waals surface area contributed by atoms with E-state index in [-0.39, 0.29) is 0 Å². The summed E-state index contributed by atoms with van der Waals surface area (Å²) in [6.45, 7) is 0. The Kier molecular flexibility index (Phi) is 6.39. The maximum absolute atomic E-state index is 6.39. The molecular formula is C46H29NOS. The van der Waals surface area contributed by atoms with E-state index in [1.165, 1.54) is 47.6 Å². The zero-order valence-electron chi connectivity index (χ0n) is 26.5. The number of hydrogen-bond acceptors (Lipinski definition) is 3. The van der Waals surface area contributed by atoms with Crippen molar-refractivity contribution in [3.8, 4) is 22.3 Å². The number of hydrogen-bond donors (Lipinski definition) is 0. The summed E-state index contributed by atoms with van der Waals surface area (Å²) in [5.41, 5.74) is 9.78. The molecular weight excluding hydrogens is 615 g/mol. The van der Waals surface area contributed by atoms with Crippen molar-refractivity contribution in [2.24, 2.45) is 0 Å². The molecule has 0 fully saturated rings. The van der Waals surface area contributed by atoms with Crippen LogP contribution < -0.4 is 4.90 Å². The predicted molar refractivity (Wildman–Crippen MR) is 210 cm³/mol. The van der Waals surface area contributed by atoms with Gasteiger partial charge in [-0.1, -0.05) is 115 Å². The van der Waals surface area contributed by atoms with Crippen molar-refractivity contribution in [3.05, 3.63) is 176 Å². The summed E-state index contributed by atoms with van der Waals surface area (Å²) in [4.78, 5) is 2.40. The largest absolute Gasteiger partial charge is 0.456 e. The van der Waals surface area contributed by atoms with Gasteiger partial charge in [0.05, 0.1) is 16.8 Å². The van der Waals surface area contributed by atoms with Crippen LogP contribution in [-0.4, -0.2) is 0 Å². The Balaban J connectivity index is 1.17. The van der Waals surface area contributed by atoms with Crippen LogP contribution in [0.15, 0.2) is 180 Å². The maximum Gasteiger partial charge on any atom is 0.137 e. The zero-order valence-corrected chi connectivity index (χ0v) is 27.3. The number of benzene rings is 8. The molecule has 2 aromatic heterocycles. The van der Waals surface area contributed by atoms with E-state index in [1.54, 1.807) is 0 Å². The molecule has 10 rings (SSSR count). The van der Waals surface area contributed by atoms with Gasteiger partial charge < -0.3 is 9.32 Å². The number of thiophene rings is 1. The van der Waals surface area contributed by atoms with E-state index in [9.17, 15) is 0 Å². The number of nitrogens with zero attached hydrogens (tertiary/aromatic N) is 1. The molecule has 0 radical (unpaired) electrons. The Morgan fingerprint density at radius 2 is 1.08 bits per heavy atom. The highest BCUT2D eigenvalue weighted by atomic mass is 32.1. The molecule has 2 heterocycles. The molecule has 10 aromatic rings. The quantitative estimate of drug-likeness (QED) is 0.186. The van der Waals surface area contributed by atoms with E-state index in [1.807, 2.05) is 17.4 Å². The first-order valence-corrected chi connectivity index (χ1v) is 17.4. The molecule has 0 aliphatic heterocycles. The van der Waals surface area contributed by atoms with Crippen molar-refractivity contribution < 1.29 is 4.42 Å². The van der Waals surface area contributed by atoms with Crippen LogP contribution in [0.5, 0.6) is 0 Å². The lowest BCUT2D eigenvalue weighted by Crippen LogP contribution is -2.11. The van der Waals surface area contributed by atoms with E-state index in [2.05, 4.69) is 175 Å². The van der Waals surface area contributed by atoms with E-state index < -0.39 is 0 Å². The van der Waals surface area contributed by atoms with Gasteiger partial charge in [-0.2, -0.15) is 0 Å². The van der Waals surface area contributed by atoms with E-state index in [0.717, 1.165) is 44.6 Å². The monoisotopic (exact) mass is 643 g/mol. The molecule has 0 aliphatic rings. The molecule has 0 unspecified atom stereocenters. The van der Waals surface area contributed by atoms with Gasteiger partial charge in [-0.05, 0) is 88.1 Å². The summed E-state index contributed by atoms with van der Waals surface area (Å²) < 4.78 is 9.03. The van der Waals surface area contributed by atoms with Gasteiger partial charge in [0.2, 0.25) is 0 Å². The fourth-order valence-corrected chi connectivity index (χ4v) is 8.41. The van der Waals surface area contributed by atoms with Crippen molar-refractivity contribution in [1.29, 1.82) is 0 Å². The van der Waals surface area contributed by atoms with Crippen LogP contribution in [0.3, 0.4) is 0 Å². The Bertz CT molecular complexity index is 2840. The molecule has 3 heteroatoms. The van der Waals surface area contributed by atoms with Crippen LogP contribution in [0, 0.1) is 0 Å². The molecule has 0 saturated carbocycles. The van der Waals surface area contributed by atoms with Crippen LogP contribution in [-0.2, 0) is 0 Å². The van der Waals surface area contributed by atoms with Gasteiger partial charge in [-0.3, -0.25) is 0 Å². The standard InChI is InChI=1S/C46H29NOS/c1-2-11-32-28-34(21-20-30(32)10-1)36-12-3-6-15-40(36)47(41-16-9-18-43-46(41)38-14-4-7-17-42(38)48-43)35-25-22-31(23-26-35)33-24-27-45-39(29-33)37-13-5-8-19-44(37)49-45/h1-29H. The van der Waals surface area contributed by atoms with Gasteiger partial charge in [0.15, 0.2) is 0 Å². The molecule has 0 amide bonds. The molecule has 230 valence electrons. The summed E-state index contributed by atoms with van der Waals surface area (Å²) in [6, 6.07) is 63.3. The molecule has 49 heavy (non-hydrogen) atoms. The third-order valence-corrected chi connectivity index (χ3v) is 10.8. The van der Waals surface area contributed by atoms with E-state index in [4.69, 9.17) is 4.42 Å². The molecule has 0 N–H and O–H groups in total. The van der Waals surface area contributed by atoms with Crippen LogP contribution in [0.2, 0.25) is 0 Å². The average Bonchev–Trinajstić information content (AvgIpc) is 3.74. The second kappa shape index (κ2) is 11.2. The van der Waals surface area contributed by atoms with Gasteiger partial charge in [0, 0.05) is 36.8 Å². The number of furan rings is 1. The maximum atomic E-state index is 6.39. The lowest BCUT2D eigenvalue weighted by atomic mass is 9.98. The minimum Gasteiger partial charge on any atom is -0.456 e. The van der Waals surface area contributed by atoms with Crippen LogP contribution >= 0.6 is 11.3 Å². The van der Waals surface area contributed by atoms with Crippen molar-refractivity contribution in [2.75, 3.05) is 4.90 Å². The first-order valence-electron chi connectivity index (χ1n) is 16.6. The summed E-state index contributed by atoms with van der Waals surface area (Å²) in [5.74, 6) is 0. The van der Waals surface area contributed by atoms with Gasteiger partial charge in [-0.25, -0.2) is 0 Å². The fraction of sp³-hybridized carbons (Fsp3) is 0. The summed E-state index contributed by atoms with van der Waals surface area (Å²) in [7, 11) is 0. The molecule has 2 nitrogen and oxygen atoms in total. The van der Waals surface area contributed by atoms with E-state index in [0.29, 0.717) is 0 Å². The fourth-order valence-electron chi connectivity index (χ4n) is 7.33. The summed E-state index contributed by atoms with van der Waals surface area (Å²) >= 11 is 1.86. The molecule has 0 aliphatic carbocycles. The predicted octanol–water partition coefficient (Wildman–Crippen LogP) is 13.9. The van der Waals surface area contributed by atoms with Gasteiger partial charge >= 0.3 is 0 Å². The lowest BCUT2D eigenvalue weighted by Gasteiger charge is -2.28. The first kappa shape index (κ1) is 27.9. The highest BCUT2D eigenvalue weighted by Crippen LogP contribution is 2.46. The van der Waals surface area contributed by atoms with Crippen LogP contribution in [0.1, 0.15) is 0 Å². The Hall–Kier alpha value is -6.16. The zero-order chi connectivity index (χ0) is 32.3. The molecule has 0 bridgehead atoms. The minimum atomic E-state index is 0.875. The number of fused-ring (bicyclic) bond motifs is 7. The van der Waals surface area contributed by atoms with Crippen molar-refractivity contribution >= 4 is 81.3 Å². The SMILES string of the molecule is c1ccc(N(c2ccc(-c3ccc4sc5ccccc5c4c3)cc2)c2cccc3oc4ccccc4c23)c(-c2ccc3ccccc3c2)c1. The smallest absolute Gasteiger partial charge is 0.137 e. The average molecular weight is 644 g/mol. The molecule has 8 aromatic carbocycles. The van der Waals surface area contributed by atoms with Crippen molar-refractivity contribution in [1.82, 2.24) is 0 Å². The van der Waals surface area contributed by atoms with Gasteiger partial charge in [0.25, 0.3) is 0 Å². The first-order chi connectivity index (χ1) is 24.3.